The zero-order valence-electron chi connectivity index (χ0n) is 11.8. The molecule has 3 heterocycles. The van der Waals surface area contributed by atoms with E-state index in [-0.39, 0.29) is 0 Å². The maximum Gasteiger partial charge on any atom is 0.357 e. The highest BCUT2D eigenvalue weighted by Crippen LogP contribution is 2.21. The molecule has 0 aliphatic carbocycles. The number of hydrogen-bond acceptors (Lipinski definition) is 6. The Morgan fingerprint density at radius 2 is 2.33 bits per heavy atom. The van der Waals surface area contributed by atoms with Crippen LogP contribution in [0, 0.1) is 0 Å². The first-order valence-corrected chi connectivity index (χ1v) is 6.97. The minimum Gasteiger partial charge on any atom is -0.461 e. The van der Waals surface area contributed by atoms with Gasteiger partial charge in [0, 0.05) is 43.0 Å². The summed E-state index contributed by atoms with van der Waals surface area (Å²) in [6.07, 6.45) is 4.16. The summed E-state index contributed by atoms with van der Waals surface area (Å²) in [5.41, 5.74) is 2.90. The number of carbonyl (C=O) groups is 1. The maximum atomic E-state index is 12.1. The lowest BCUT2D eigenvalue weighted by Gasteiger charge is -2.19. The Morgan fingerprint density at radius 1 is 1.43 bits per heavy atom. The normalized spacial score (nSPS) is 13.6. The van der Waals surface area contributed by atoms with Gasteiger partial charge in [-0.3, -0.25) is 4.98 Å². The fraction of sp³-hybridized carbons (Fsp3) is 0.333. The zero-order chi connectivity index (χ0) is 14.7. The standard InChI is InChI=1S/C15H16N4O2/c1-2-21-15(20)13-11-9-17-7-5-12(11)18-14(19-13)10-4-3-6-16-8-10/h3-4,6,8,17H,2,5,7,9H2,1H3. The van der Waals surface area contributed by atoms with E-state index in [9.17, 15) is 4.79 Å². The maximum absolute atomic E-state index is 12.1. The topological polar surface area (TPSA) is 77.0 Å². The average Bonchev–Trinajstić information content (AvgIpc) is 2.55. The van der Waals surface area contributed by atoms with Crippen molar-refractivity contribution in [3.63, 3.8) is 0 Å². The van der Waals surface area contributed by atoms with Crippen LogP contribution in [-0.2, 0) is 17.7 Å². The van der Waals surface area contributed by atoms with Crippen molar-refractivity contribution in [3.05, 3.63) is 41.5 Å². The Bertz CT molecular complexity index is 658. The number of nitrogens with one attached hydrogen (secondary N) is 1. The third-order valence-electron chi connectivity index (χ3n) is 3.32. The second-order valence-electron chi connectivity index (χ2n) is 4.71. The van der Waals surface area contributed by atoms with Gasteiger partial charge in [-0.05, 0) is 19.1 Å². The van der Waals surface area contributed by atoms with Gasteiger partial charge in [-0.25, -0.2) is 14.8 Å². The van der Waals surface area contributed by atoms with Crippen LogP contribution in [0.5, 0.6) is 0 Å². The quantitative estimate of drug-likeness (QED) is 0.858. The second-order valence-corrected chi connectivity index (χ2v) is 4.71. The summed E-state index contributed by atoms with van der Waals surface area (Å²) in [7, 11) is 0. The number of nitrogens with zero attached hydrogens (tertiary/aromatic N) is 3. The van der Waals surface area contributed by atoms with Crippen LogP contribution in [0.15, 0.2) is 24.5 Å². The molecule has 0 fully saturated rings. The third-order valence-corrected chi connectivity index (χ3v) is 3.32. The molecule has 0 amide bonds. The van der Waals surface area contributed by atoms with Gasteiger partial charge in [-0.15, -0.1) is 0 Å². The number of aromatic nitrogens is 3. The van der Waals surface area contributed by atoms with Crippen LogP contribution >= 0.6 is 0 Å². The van der Waals surface area contributed by atoms with Crippen molar-refractivity contribution in [3.8, 4) is 11.4 Å². The van der Waals surface area contributed by atoms with E-state index in [2.05, 4.69) is 20.3 Å². The van der Waals surface area contributed by atoms with Crippen molar-refractivity contribution in [2.45, 2.75) is 19.9 Å². The number of esters is 1. The number of hydrogen-bond donors (Lipinski definition) is 1. The largest absolute Gasteiger partial charge is 0.461 e. The van der Waals surface area contributed by atoms with Crippen LogP contribution in [0.25, 0.3) is 11.4 Å². The Hall–Kier alpha value is -2.34. The van der Waals surface area contributed by atoms with Crippen molar-refractivity contribution in [1.82, 2.24) is 20.3 Å². The second kappa shape index (κ2) is 5.97. The van der Waals surface area contributed by atoms with E-state index in [1.165, 1.54) is 0 Å². The van der Waals surface area contributed by atoms with Gasteiger partial charge in [-0.1, -0.05) is 0 Å². The van der Waals surface area contributed by atoms with Gasteiger partial charge in [0.25, 0.3) is 0 Å². The Balaban J connectivity index is 2.11. The van der Waals surface area contributed by atoms with E-state index < -0.39 is 5.97 Å². The summed E-state index contributed by atoms with van der Waals surface area (Å²) >= 11 is 0. The molecule has 108 valence electrons. The van der Waals surface area contributed by atoms with E-state index in [0.29, 0.717) is 24.7 Å². The van der Waals surface area contributed by atoms with E-state index in [4.69, 9.17) is 4.74 Å². The molecule has 0 unspecified atom stereocenters. The molecule has 0 spiro atoms. The van der Waals surface area contributed by atoms with Crippen molar-refractivity contribution in [2.24, 2.45) is 0 Å². The first kappa shape index (κ1) is 13.6. The molecule has 0 atom stereocenters. The zero-order valence-corrected chi connectivity index (χ0v) is 11.8. The van der Waals surface area contributed by atoms with E-state index in [0.717, 1.165) is 29.8 Å². The Kier molecular flexibility index (Phi) is 3.87. The summed E-state index contributed by atoms with van der Waals surface area (Å²) in [6.45, 7) is 3.55. The number of ether oxygens (including phenoxy) is 1. The van der Waals surface area contributed by atoms with E-state index >= 15 is 0 Å². The molecule has 0 saturated heterocycles. The van der Waals surface area contributed by atoms with Crippen molar-refractivity contribution in [2.75, 3.05) is 13.2 Å². The SMILES string of the molecule is CCOC(=O)c1nc(-c2cccnc2)nc2c1CNCC2. The molecule has 2 aromatic heterocycles. The highest BCUT2D eigenvalue weighted by molar-refractivity contribution is 5.89. The molecule has 0 aromatic carbocycles. The van der Waals surface area contributed by atoms with Crippen molar-refractivity contribution < 1.29 is 9.53 Å². The molecule has 1 aliphatic rings. The van der Waals surface area contributed by atoms with Crippen LogP contribution < -0.4 is 5.32 Å². The predicted octanol–water partition coefficient (Wildman–Crippen LogP) is 1.36. The summed E-state index contributed by atoms with van der Waals surface area (Å²) < 4.78 is 5.11. The molecule has 1 N–H and O–H groups in total. The van der Waals surface area contributed by atoms with Crippen LogP contribution in [0.3, 0.4) is 0 Å². The van der Waals surface area contributed by atoms with Gasteiger partial charge < -0.3 is 10.1 Å². The number of pyridine rings is 1. The third kappa shape index (κ3) is 2.75. The van der Waals surface area contributed by atoms with E-state index in [1.807, 2.05) is 12.1 Å². The molecular formula is C15H16N4O2. The van der Waals surface area contributed by atoms with Gasteiger partial charge >= 0.3 is 5.97 Å². The van der Waals surface area contributed by atoms with Gasteiger partial charge in [-0.2, -0.15) is 0 Å². The lowest BCUT2D eigenvalue weighted by Crippen LogP contribution is -2.28. The summed E-state index contributed by atoms with van der Waals surface area (Å²) in [5, 5.41) is 3.24. The van der Waals surface area contributed by atoms with E-state index in [1.54, 1.807) is 19.3 Å². The predicted molar refractivity (Wildman–Crippen MR) is 76.6 cm³/mol. The molecule has 6 heteroatoms. The van der Waals surface area contributed by atoms with Crippen molar-refractivity contribution >= 4 is 5.97 Å². The lowest BCUT2D eigenvalue weighted by atomic mass is 10.0. The first-order valence-electron chi connectivity index (χ1n) is 6.97. The van der Waals surface area contributed by atoms with Gasteiger partial charge in [0.2, 0.25) is 0 Å². The van der Waals surface area contributed by atoms with Crippen LogP contribution in [0.4, 0.5) is 0 Å². The highest BCUT2D eigenvalue weighted by atomic mass is 16.5. The molecule has 6 nitrogen and oxygen atoms in total. The Labute approximate surface area is 122 Å². The molecule has 21 heavy (non-hydrogen) atoms. The monoisotopic (exact) mass is 284 g/mol. The smallest absolute Gasteiger partial charge is 0.357 e. The molecule has 1 aliphatic heterocycles. The summed E-state index contributed by atoms with van der Waals surface area (Å²) in [5.74, 6) is 0.122. The summed E-state index contributed by atoms with van der Waals surface area (Å²) in [6, 6.07) is 3.70. The summed E-state index contributed by atoms with van der Waals surface area (Å²) in [4.78, 5) is 25.2. The molecule has 2 aromatic rings. The molecule has 3 rings (SSSR count). The molecular weight excluding hydrogens is 268 g/mol. The average molecular weight is 284 g/mol. The molecule has 0 radical (unpaired) electrons. The molecule has 0 saturated carbocycles. The minimum absolute atomic E-state index is 0.327. The fourth-order valence-corrected chi connectivity index (χ4v) is 2.34. The first-order chi connectivity index (χ1) is 10.3. The molecule has 0 bridgehead atoms. The van der Waals surface area contributed by atoms with Gasteiger partial charge in [0.15, 0.2) is 11.5 Å². The number of rotatable bonds is 3. The van der Waals surface area contributed by atoms with Gasteiger partial charge in [0.1, 0.15) is 0 Å². The van der Waals surface area contributed by atoms with Gasteiger partial charge in [0.05, 0.1) is 12.3 Å². The van der Waals surface area contributed by atoms with Crippen LogP contribution in [0.1, 0.15) is 28.7 Å². The minimum atomic E-state index is -0.398. The lowest BCUT2D eigenvalue weighted by molar-refractivity contribution is 0.0517. The van der Waals surface area contributed by atoms with Crippen LogP contribution in [-0.4, -0.2) is 34.1 Å². The van der Waals surface area contributed by atoms with Crippen LogP contribution in [0.2, 0.25) is 0 Å². The fourth-order valence-electron chi connectivity index (χ4n) is 2.34. The number of carbonyl (C=O) groups excluding carboxylic acids is 1. The Morgan fingerprint density at radius 3 is 3.10 bits per heavy atom. The number of fused-ring (bicyclic) bond motifs is 1. The highest BCUT2D eigenvalue weighted by Gasteiger charge is 2.23. The van der Waals surface area contributed by atoms with Crippen molar-refractivity contribution in [1.29, 1.82) is 0 Å².